The molecule has 11 heteroatoms. The van der Waals surface area contributed by atoms with E-state index in [0.29, 0.717) is 55.4 Å². The van der Waals surface area contributed by atoms with Gasteiger partial charge in [-0.2, -0.15) is 15.2 Å². The number of benzene rings is 1. The average molecular weight is 583 g/mol. The topological polar surface area (TPSA) is 85.6 Å². The van der Waals surface area contributed by atoms with Crippen molar-refractivity contribution in [2.24, 2.45) is 0 Å². The van der Waals surface area contributed by atoms with Gasteiger partial charge in [-0.25, -0.2) is 8.78 Å². The van der Waals surface area contributed by atoms with Gasteiger partial charge in [-0.05, 0) is 62.9 Å². The number of rotatable bonds is 6. The van der Waals surface area contributed by atoms with Gasteiger partial charge in [0.2, 0.25) is 0 Å². The smallest absolute Gasteiger partial charge is 0.318 e. The Hall–Kier alpha value is -3.29. The zero-order chi connectivity index (χ0) is 28.9. The zero-order valence-electron chi connectivity index (χ0n) is 23.1. The highest BCUT2D eigenvalue weighted by atomic mass is 35.5. The molecule has 8 nitrogen and oxygen atoms in total. The fraction of sp³-hybridized carbons (Fsp3) is 0.533. The number of amides is 1. The van der Waals surface area contributed by atoms with E-state index in [1.807, 2.05) is 30.1 Å². The zero-order valence-corrected chi connectivity index (χ0v) is 23.8. The maximum absolute atomic E-state index is 16.9. The van der Waals surface area contributed by atoms with Gasteiger partial charge in [-0.3, -0.25) is 9.69 Å². The molecule has 0 unspecified atom stereocenters. The van der Waals surface area contributed by atoms with Crippen LogP contribution in [0.1, 0.15) is 54.2 Å². The van der Waals surface area contributed by atoms with E-state index in [2.05, 4.69) is 22.5 Å². The Labute approximate surface area is 243 Å². The second kappa shape index (κ2) is 10.8. The predicted octanol–water partition coefficient (Wildman–Crippen LogP) is 4.47. The summed E-state index contributed by atoms with van der Waals surface area (Å²) in [7, 11) is 2.03. The minimum atomic E-state index is -1.38. The van der Waals surface area contributed by atoms with Crippen molar-refractivity contribution in [1.29, 1.82) is 5.26 Å². The lowest BCUT2D eigenvalue weighted by Gasteiger charge is -2.43. The van der Waals surface area contributed by atoms with Crippen LogP contribution in [0.2, 0.25) is 5.02 Å². The summed E-state index contributed by atoms with van der Waals surface area (Å²) in [6, 6.07) is 7.63. The van der Waals surface area contributed by atoms with Crippen molar-refractivity contribution in [1.82, 2.24) is 19.8 Å². The van der Waals surface area contributed by atoms with Crippen molar-refractivity contribution >= 4 is 23.3 Å². The highest BCUT2D eigenvalue weighted by Gasteiger charge is 2.51. The first-order valence-electron chi connectivity index (χ1n) is 14.2. The second-order valence-corrected chi connectivity index (χ2v) is 12.0. The number of piperazine rings is 1. The summed E-state index contributed by atoms with van der Waals surface area (Å²) in [4.78, 5) is 27.4. The standard InChI is InChI=1S/C30H33ClF2N6O2/c1-18(32)28(40)39-15-14-38(16-19(39)8-12-34)27-22-7-11-30(10-6-21-23(30)4-3-5-24(21)31)26(33)25(22)35-29(36-27)41-17-20-9-13-37(20)2/h3-5,19-20,26H,1,6-11,13-17H2,2H3/t19-,20-,26-,30+/m0/s1. The molecule has 4 aliphatic rings. The molecule has 6 rings (SSSR count). The van der Waals surface area contributed by atoms with Crippen LogP contribution in [0.25, 0.3) is 0 Å². The summed E-state index contributed by atoms with van der Waals surface area (Å²) in [5.74, 6) is -1.31. The summed E-state index contributed by atoms with van der Waals surface area (Å²) in [5, 5.41) is 10.1. The molecular formula is C30H33ClF2N6O2. The lowest BCUT2D eigenvalue weighted by Crippen LogP contribution is -2.55. The summed E-state index contributed by atoms with van der Waals surface area (Å²) < 4.78 is 36.7. The third-order valence-electron chi connectivity index (χ3n) is 9.46. The number of likely N-dealkylation sites (tertiary alicyclic amines) is 1. The first-order chi connectivity index (χ1) is 19.7. The SMILES string of the molecule is C=C(F)C(=O)N1CCN(c2nc(OC[C@@H]3CCN3C)nc3c2CC[C@@]2(CCc4c(Cl)cccc42)[C@H]3F)C[C@@H]1CC#N. The van der Waals surface area contributed by atoms with E-state index in [0.717, 1.165) is 29.7 Å². The number of nitrogens with zero attached hydrogens (tertiary/aromatic N) is 6. The van der Waals surface area contributed by atoms with Crippen molar-refractivity contribution in [2.45, 2.75) is 62.2 Å². The molecule has 2 saturated heterocycles. The fourth-order valence-electron chi connectivity index (χ4n) is 6.97. The van der Waals surface area contributed by atoms with Crippen LogP contribution < -0.4 is 9.64 Å². The summed E-state index contributed by atoms with van der Waals surface area (Å²) in [6.07, 6.45) is 2.15. The molecule has 0 saturated carbocycles. The molecule has 1 spiro atoms. The van der Waals surface area contributed by atoms with Crippen LogP contribution in [0.4, 0.5) is 14.6 Å². The number of aromatic nitrogens is 2. The Morgan fingerprint density at radius 2 is 2.00 bits per heavy atom. The minimum Gasteiger partial charge on any atom is -0.462 e. The van der Waals surface area contributed by atoms with Crippen molar-refractivity contribution in [2.75, 3.05) is 44.7 Å². The monoisotopic (exact) mass is 582 g/mol. The number of likely N-dealkylation sites (N-methyl/N-ethyl adjacent to an activating group) is 1. The van der Waals surface area contributed by atoms with Crippen LogP contribution in [0.3, 0.4) is 0 Å². The van der Waals surface area contributed by atoms with Crippen molar-refractivity contribution in [3.05, 3.63) is 58.0 Å². The third-order valence-corrected chi connectivity index (χ3v) is 9.82. The molecule has 216 valence electrons. The van der Waals surface area contributed by atoms with Crippen molar-refractivity contribution < 1.29 is 18.3 Å². The second-order valence-electron chi connectivity index (χ2n) is 11.6. The molecule has 1 amide bonds. The number of fused-ring (bicyclic) bond motifs is 3. The van der Waals surface area contributed by atoms with Crippen LogP contribution in [0.15, 0.2) is 30.6 Å². The van der Waals surface area contributed by atoms with Gasteiger partial charge in [0.15, 0.2) is 12.0 Å². The molecule has 0 radical (unpaired) electrons. The van der Waals surface area contributed by atoms with Gasteiger partial charge >= 0.3 is 6.01 Å². The largest absolute Gasteiger partial charge is 0.462 e. The molecule has 2 aromatic rings. The van der Waals surface area contributed by atoms with E-state index in [9.17, 15) is 14.4 Å². The fourth-order valence-corrected chi connectivity index (χ4v) is 7.24. The number of ether oxygens (including phenoxy) is 1. The molecular weight excluding hydrogens is 550 g/mol. The Bertz CT molecular complexity index is 1430. The first-order valence-corrected chi connectivity index (χ1v) is 14.5. The van der Waals surface area contributed by atoms with Gasteiger partial charge in [-0.1, -0.05) is 30.3 Å². The van der Waals surface area contributed by atoms with Crippen LogP contribution >= 0.6 is 11.6 Å². The lowest BCUT2D eigenvalue weighted by molar-refractivity contribution is -0.131. The third kappa shape index (κ3) is 4.73. The molecule has 1 aromatic carbocycles. The van der Waals surface area contributed by atoms with E-state index in [1.54, 1.807) is 0 Å². The van der Waals surface area contributed by atoms with Crippen molar-refractivity contribution in [3.8, 4) is 12.1 Å². The molecule has 2 fully saturated rings. The van der Waals surface area contributed by atoms with E-state index in [1.165, 1.54) is 4.90 Å². The van der Waals surface area contributed by atoms with Gasteiger partial charge in [0.25, 0.3) is 5.91 Å². The normalized spacial score (nSPS) is 27.1. The van der Waals surface area contributed by atoms with Gasteiger partial charge in [0.05, 0.1) is 24.2 Å². The van der Waals surface area contributed by atoms with E-state index >= 15 is 4.39 Å². The maximum atomic E-state index is 16.9. The highest BCUT2D eigenvalue weighted by Crippen LogP contribution is 2.56. The van der Waals surface area contributed by atoms with Crippen LogP contribution in [0.5, 0.6) is 6.01 Å². The van der Waals surface area contributed by atoms with Gasteiger partial charge in [0.1, 0.15) is 12.4 Å². The predicted molar refractivity (Wildman–Crippen MR) is 150 cm³/mol. The molecule has 2 aliphatic carbocycles. The molecule has 41 heavy (non-hydrogen) atoms. The van der Waals surface area contributed by atoms with E-state index in [-0.39, 0.29) is 31.6 Å². The number of anilines is 1. The van der Waals surface area contributed by atoms with Crippen LogP contribution in [-0.4, -0.2) is 77.6 Å². The number of hydrogen-bond donors (Lipinski definition) is 0. The van der Waals surface area contributed by atoms with Gasteiger partial charge in [-0.15, -0.1) is 0 Å². The molecule has 1 aromatic heterocycles. The number of alkyl halides is 1. The number of halogens is 3. The number of hydrogen-bond acceptors (Lipinski definition) is 7. The Balaban J connectivity index is 1.37. The number of nitriles is 1. The van der Waals surface area contributed by atoms with E-state index in [4.69, 9.17) is 21.3 Å². The molecule has 3 heterocycles. The number of carbonyl (C=O) groups excluding carboxylic acids is 1. The molecule has 0 bridgehead atoms. The van der Waals surface area contributed by atoms with Crippen LogP contribution in [-0.2, 0) is 23.1 Å². The molecule has 0 N–H and O–H groups in total. The first kappa shape index (κ1) is 27.9. The molecule has 2 aliphatic heterocycles. The minimum absolute atomic E-state index is 0.0204. The number of carbonyl (C=O) groups is 1. The van der Waals surface area contributed by atoms with Crippen LogP contribution in [0, 0.1) is 11.3 Å². The maximum Gasteiger partial charge on any atom is 0.318 e. The van der Waals surface area contributed by atoms with Gasteiger partial charge in [0, 0.05) is 41.7 Å². The average Bonchev–Trinajstić information content (AvgIpc) is 3.34. The Kier molecular flexibility index (Phi) is 7.37. The van der Waals surface area contributed by atoms with E-state index < -0.39 is 29.4 Å². The Morgan fingerprint density at radius 1 is 1.22 bits per heavy atom. The van der Waals surface area contributed by atoms with Crippen molar-refractivity contribution in [3.63, 3.8) is 0 Å². The summed E-state index contributed by atoms with van der Waals surface area (Å²) in [5.41, 5.74) is 2.29. The molecule has 4 atom stereocenters. The Morgan fingerprint density at radius 3 is 2.68 bits per heavy atom. The summed E-state index contributed by atoms with van der Waals surface area (Å²) in [6.45, 7) is 5.31. The summed E-state index contributed by atoms with van der Waals surface area (Å²) >= 11 is 6.51. The lowest BCUT2D eigenvalue weighted by atomic mass is 9.68. The van der Waals surface area contributed by atoms with Gasteiger partial charge < -0.3 is 14.5 Å². The highest BCUT2D eigenvalue weighted by molar-refractivity contribution is 6.31. The quantitative estimate of drug-likeness (QED) is 0.465.